The minimum atomic E-state index is 0. The van der Waals surface area contributed by atoms with Crippen molar-refractivity contribution in [3.8, 4) is 0 Å². The Labute approximate surface area is 211 Å². The summed E-state index contributed by atoms with van der Waals surface area (Å²) in [6, 6.07) is 8.42. The molecule has 0 saturated heterocycles. The summed E-state index contributed by atoms with van der Waals surface area (Å²) in [6.45, 7) is 22.1. The van der Waals surface area contributed by atoms with Gasteiger partial charge in [0.05, 0.1) is 11.4 Å². The Morgan fingerprint density at radius 2 is 1.65 bits per heavy atom. The number of aryl methyl sites for hydroxylation is 1. The maximum atomic E-state index is 4.47. The standard InChI is InChI=1S/C19H22N2.C5H9N.C4H8.C2H6.CH4/c1-5-15-8-10-18(11-9-15)21-14(4)19-12-17(13-20-19)16(6-2)7-3;1-3-4-5-6-2;1-3-4-2;1-2;/h6-11,13,21H,2,4-5,12H2,1,3H3;3-5H,1-2H3;3-4H,1-2H3;1-2H3;1H4/b16-7+;4-3-,6-5?;4-3-;;. The van der Waals surface area contributed by atoms with E-state index < -0.39 is 0 Å². The minimum Gasteiger partial charge on any atom is -0.355 e. The van der Waals surface area contributed by atoms with Crippen molar-refractivity contribution in [3.05, 3.63) is 102 Å². The van der Waals surface area contributed by atoms with E-state index in [-0.39, 0.29) is 7.43 Å². The molecule has 0 unspecified atom stereocenters. The molecule has 0 amide bonds. The Balaban J connectivity index is -0.000000621. The van der Waals surface area contributed by atoms with E-state index in [2.05, 4.69) is 65.7 Å². The van der Waals surface area contributed by atoms with Gasteiger partial charge in [-0.1, -0.05) is 83.9 Å². The molecule has 1 aromatic rings. The topological polar surface area (TPSA) is 36.8 Å². The molecule has 1 aliphatic heterocycles. The molecule has 188 valence electrons. The first kappa shape index (κ1) is 35.4. The van der Waals surface area contributed by atoms with Crippen LogP contribution >= 0.6 is 0 Å². The molecule has 2 rings (SSSR count). The van der Waals surface area contributed by atoms with E-state index in [1.165, 1.54) is 11.1 Å². The van der Waals surface area contributed by atoms with Crippen LogP contribution in [0, 0.1) is 0 Å². The first-order valence-corrected chi connectivity index (χ1v) is 11.7. The third-order valence-corrected chi connectivity index (χ3v) is 4.40. The lowest BCUT2D eigenvalue weighted by Gasteiger charge is -2.11. The average Bonchev–Trinajstić information content (AvgIpc) is 3.36. The second-order valence-electron chi connectivity index (χ2n) is 6.61. The second-order valence-corrected chi connectivity index (χ2v) is 6.61. The van der Waals surface area contributed by atoms with Crippen LogP contribution in [0.2, 0.25) is 0 Å². The predicted octanol–water partition coefficient (Wildman–Crippen LogP) is 9.54. The van der Waals surface area contributed by atoms with Crippen molar-refractivity contribution in [2.75, 3.05) is 12.4 Å². The summed E-state index contributed by atoms with van der Waals surface area (Å²) in [6.07, 6.45) is 17.2. The molecule has 0 radical (unpaired) electrons. The Kier molecular flexibility index (Phi) is 25.4. The smallest absolute Gasteiger partial charge is 0.0676 e. The van der Waals surface area contributed by atoms with Crippen LogP contribution in [0.15, 0.2) is 107 Å². The second kappa shape index (κ2) is 24.4. The fourth-order valence-corrected chi connectivity index (χ4v) is 2.47. The van der Waals surface area contributed by atoms with Crippen molar-refractivity contribution < 1.29 is 0 Å². The Morgan fingerprint density at radius 3 is 2.03 bits per heavy atom. The molecular weight excluding hydrogens is 414 g/mol. The largest absolute Gasteiger partial charge is 0.355 e. The van der Waals surface area contributed by atoms with Gasteiger partial charge in [0.25, 0.3) is 0 Å². The van der Waals surface area contributed by atoms with Gasteiger partial charge >= 0.3 is 0 Å². The van der Waals surface area contributed by atoms with Gasteiger partial charge in [-0.05, 0) is 69.0 Å². The molecule has 0 fully saturated rings. The zero-order valence-corrected chi connectivity index (χ0v) is 22.2. The predicted molar refractivity (Wildman–Crippen MR) is 160 cm³/mol. The van der Waals surface area contributed by atoms with Crippen LogP contribution in [0.5, 0.6) is 0 Å². The molecule has 1 N–H and O–H groups in total. The molecule has 0 saturated carbocycles. The molecular formula is C31H49N3. The average molecular weight is 464 g/mol. The molecule has 0 aromatic heterocycles. The number of nitrogens with zero attached hydrogens (tertiary/aromatic N) is 2. The van der Waals surface area contributed by atoms with Crippen LogP contribution < -0.4 is 5.32 Å². The van der Waals surface area contributed by atoms with Crippen molar-refractivity contribution in [2.24, 2.45) is 9.98 Å². The monoisotopic (exact) mass is 463 g/mol. The van der Waals surface area contributed by atoms with Crippen LogP contribution in [0.4, 0.5) is 5.69 Å². The van der Waals surface area contributed by atoms with E-state index in [0.29, 0.717) is 0 Å². The molecule has 0 spiro atoms. The molecule has 1 heterocycles. The van der Waals surface area contributed by atoms with E-state index >= 15 is 0 Å². The summed E-state index contributed by atoms with van der Waals surface area (Å²) < 4.78 is 0. The summed E-state index contributed by atoms with van der Waals surface area (Å²) in [7, 11) is 1.75. The van der Waals surface area contributed by atoms with Gasteiger partial charge in [-0.3, -0.25) is 9.98 Å². The van der Waals surface area contributed by atoms with Gasteiger partial charge in [-0.25, -0.2) is 0 Å². The highest BCUT2D eigenvalue weighted by Crippen LogP contribution is 2.24. The van der Waals surface area contributed by atoms with Gasteiger partial charge in [0.1, 0.15) is 0 Å². The highest BCUT2D eigenvalue weighted by atomic mass is 14.9. The van der Waals surface area contributed by atoms with E-state index in [1.54, 1.807) is 13.3 Å². The number of hydrogen-bond acceptors (Lipinski definition) is 3. The van der Waals surface area contributed by atoms with Crippen LogP contribution in [0.3, 0.4) is 0 Å². The first-order chi connectivity index (χ1) is 16.0. The summed E-state index contributed by atoms with van der Waals surface area (Å²) in [5.41, 5.74) is 6.52. The molecule has 0 atom stereocenters. The fraction of sp³-hybridized carbons (Fsp3) is 0.355. The third-order valence-electron chi connectivity index (χ3n) is 4.40. The van der Waals surface area contributed by atoms with E-state index in [9.17, 15) is 0 Å². The first-order valence-electron chi connectivity index (χ1n) is 11.7. The lowest BCUT2D eigenvalue weighted by Crippen LogP contribution is -2.09. The number of nitrogens with one attached hydrogen (secondary N) is 1. The quantitative estimate of drug-likeness (QED) is 0.244. The van der Waals surface area contributed by atoms with Crippen molar-refractivity contribution >= 4 is 17.6 Å². The van der Waals surface area contributed by atoms with Gasteiger partial charge in [0.15, 0.2) is 0 Å². The summed E-state index contributed by atoms with van der Waals surface area (Å²) in [4.78, 5) is 8.18. The number of anilines is 1. The zero-order chi connectivity index (χ0) is 25.5. The molecule has 0 aliphatic carbocycles. The highest BCUT2D eigenvalue weighted by Gasteiger charge is 2.14. The van der Waals surface area contributed by atoms with E-state index in [0.717, 1.165) is 35.5 Å². The van der Waals surface area contributed by atoms with Gasteiger partial charge in [0, 0.05) is 31.6 Å². The van der Waals surface area contributed by atoms with Crippen LogP contribution in [0.25, 0.3) is 0 Å². The van der Waals surface area contributed by atoms with Crippen LogP contribution in [-0.2, 0) is 6.42 Å². The number of allylic oxidation sites excluding steroid dienone is 9. The normalized spacial score (nSPS) is 12.3. The summed E-state index contributed by atoms with van der Waals surface area (Å²) >= 11 is 0. The number of rotatable bonds is 7. The zero-order valence-electron chi connectivity index (χ0n) is 22.2. The van der Waals surface area contributed by atoms with Gasteiger partial charge in [0.2, 0.25) is 0 Å². The maximum Gasteiger partial charge on any atom is 0.0676 e. The van der Waals surface area contributed by atoms with Crippen LogP contribution in [-0.4, -0.2) is 19.0 Å². The Hall–Kier alpha value is -3.20. The van der Waals surface area contributed by atoms with Crippen molar-refractivity contribution in [2.45, 2.75) is 68.7 Å². The minimum absolute atomic E-state index is 0. The SMILES string of the molecule is C.C/C=C\C.C/C=C\C=NC.C=C/C(=C\C)C1=CN=C(C(=C)Nc2ccc(CC)cc2)C1.CC. The molecule has 3 heteroatoms. The molecule has 1 aromatic carbocycles. The van der Waals surface area contributed by atoms with Crippen molar-refractivity contribution in [1.29, 1.82) is 0 Å². The molecule has 1 aliphatic rings. The van der Waals surface area contributed by atoms with Gasteiger partial charge < -0.3 is 5.32 Å². The Bertz CT molecular complexity index is 831. The van der Waals surface area contributed by atoms with Crippen LogP contribution in [0.1, 0.15) is 67.9 Å². The fourth-order valence-electron chi connectivity index (χ4n) is 2.47. The van der Waals surface area contributed by atoms with Crippen molar-refractivity contribution in [1.82, 2.24) is 0 Å². The lowest BCUT2D eigenvalue weighted by molar-refractivity contribution is 1.14. The number of benzene rings is 1. The van der Waals surface area contributed by atoms with E-state index in [4.69, 9.17) is 0 Å². The van der Waals surface area contributed by atoms with Gasteiger partial charge in [-0.2, -0.15) is 0 Å². The van der Waals surface area contributed by atoms with Gasteiger partial charge in [-0.15, -0.1) is 0 Å². The molecule has 34 heavy (non-hydrogen) atoms. The maximum absolute atomic E-state index is 4.47. The summed E-state index contributed by atoms with van der Waals surface area (Å²) in [5.74, 6) is 0. The lowest BCUT2D eigenvalue weighted by atomic mass is 10.0. The van der Waals surface area contributed by atoms with E-state index in [1.807, 2.05) is 78.1 Å². The van der Waals surface area contributed by atoms with Crippen molar-refractivity contribution in [3.63, 3.8) is 0 Å². The number of aliphatic imine (C=N–C) groups is 2. The Morgan fingerprint density at radius 1 is 1.06 bits per heavy atom. The summed E-state index contributed by atoms with van der Waals surface area (Å²) in [5, 5.41) is 3.33. The molecule has 0 bridgehead atoms. The number of hydrogen-bond donors (Lipinski definition) is 1. The molecule has 3 nitrogen and oxygen atoms in total. The third kappa shape index (κ3) is 15.6. The highest BCUT2D eigenvalue weighted by molar-refractivity contribution is 6.05.